The molecule has 0 aliphatic heterocycles. The third kappa shape index (κ3) is 5.30. The van der Waals surface area contributed by atoms with Crippen LogP contribution in [0.15, 0.2) is 47.4 Å². The highest BCUT2D eigenvalue weighted by Crippen LogP contribution is 2.20. The molecule has 0 fully saturated rings. The Labute approximate surface area is 161 Å². The smallest absolute Gasteiger partial charge is 0.243 e. The molecule has 7 heteroatoms. The zero-order valence-corrected chi connectivity index (χ0v) is 17.1. The maximum absolute atomic E-state index is 12.6. The summed E-state index contributed by atoms with van der Waals surface area (Å²) in [6, 6.07) is 12.3. The van der Waals surface area contributed by atoms with Gasteiger partial charge in [-0.15, -0.1) is 0 Å². The molecule has 0 atom stereocenters. The Hall–Kier alpha value is -2.38. The molecule has 27 heavy (non-hydrogen) atoms. The van der Waals surface area contributed by atoms with E-state index in [2.05, 4.69) is 10.6 Å². The lowest BCUT2D eigenvalue weighted by Crippen LogP contribution is -2.30. The number of hydrogen-bond donors (Lipinski definition) is 2. The lowest BCUT2D eigenvalue weighted by Gasteiger charge is -2.19. The van der Waals surface area contributed by atoms with Gasteiger partial charge in [0.25, 0.3) is 0 Å². The van der Waals surface area contributed by atoms with E-state index in [9.17, 15) is 13.2 Å². The molecule has 0 spiro atoms. The van der Waals surface area contributed by atoms with Gasteiger partial charge in [0, 0.05) is 24.5 Å². The van der Waals surface area contributed by atoms with E-state index < -0.39 is 10.0 Å². The number of anilines is 2. The Balaban J connectivity index is 2.06. The highest BCUT2D eigenvalue weighted by atomic mass is 32.2. The Morgan fingerprint density at radius 2 is 1.74 bits per heavy atom. The second-order valence-corrected chi connectivity index (χ2v) is 8.28. The van der Waals surface area contributed by atoms with Crippen molar-refractivity contribution in [1.29, 1.82) is 0 Å². The fourth-order valence-electron chi connectivity index (χ4n) is 2.84. The van der Waals surface area contributed by atoms with Gasteiger partial charge in [-0.1, -0.05) is 37.6 Å². The third-order valence-electron chi connectivity index (χ3n) is 4.28. The highest BCUT2D eigenvalue weighted by molar-refractivity contribution is 7.89. The first kappa shape index (κ1) is 20.9. The number of rotatable bonds is 8. The van der Waals surface area contributed by atoms with Gasteiger partial charge < -0.3 is 10.6 Å². The van der Waals surface area contributed by atoms with Crippen LogP contribution >= 0.6 is 0 Å². The van der Waals surface area contributed by atoms with E-state index in [-0.39, 0.29) is 17.3 Å². The first-order valence-corrected chi connectivity index (χ1v) is 10.4. The van der Waals surface area contributed by atoms with E-state index in [0.29, 0.717) is 18.8 Å². The molecular formula is C20H27N3O3S. The summed E-state index contributed by atoms with van der Waals surface area (Å²) in [5.74, 6) is -0.243. The normalized spacial score (nSPS) is 11.4. The van der Waals surface area contributed by atoms with Crippen LogP contribution in [-0.2, 0) is 14.8 Å². The third-order valence-corrected chi connectivity index (χ3v) is 6.33. The Morgan fingerprint density at radius 3 is 2.37 bits per heavy atom. The average molecular weight is 390 g/mol. The van der Waals surface area contributed by atoms with Crippen molar-refractivity contribution in [2.45, 2.75) is 32.6 Å². The molecule has 2 rings (SSSR count). The predicted octanol–water partition coefficient (Wildman–Crippen LogP) is 3.38. The van der Waals surface area contributed by atoms with Crippen molar-refractivity contribution in [1.82, 2.24) is 4.31 Å². The summed E-state index contributed by atoms with van der Waals surface area (Å²) in [7, 11) is -3.56. The Kier molecular flexibility index (Phi) is 6.98. The number of benzene rings is 2. The van der Waals surface area contributed by atoms with Crippen molar-refractivity contribution in [3.63, 3.8) is 0 Å². The quantitative estimate of drug-likeness (QED) is 0.725. The first-order valence-electron chi connectivity index (χ1n) is 8.99. The van der Waals surface area contributed by atoms with Crippen LogP contribution < -0.4 is 10.6 Å². The lowest BCUT2D eigenvalue weighted by molar-refractivity contribution is -0.114. The first-order chi connectivity index (χ1) is 12.8. The van der Waals surface area contributed by atoms with Crippen LogP contribution in [0.25, 0.3) is 0 Å². The second kappa shape index (κ2) is 9.01. The van der Waals surface area contributed by atoms with Crippen molar-refractivity contribution in [2.75, 3.05) is 30.3 Å². The molecule has 1 amide bonds. The van der Waals surface area contributed by atoms with Crippen molar-refractivity contribution in [3.8, 4) is 0 Å². The molecule has 2 aromatic rings. The van der Waals surface area contributed by atoms with Gasteiger partial charge in [0.15, 0.2) is 0 Å². The van der Waals surface area contributed by atoms with E-state index >= 15 is 0 Å². The number of aryl methyl sites for hydroxylation is 2. The number of amides is 1. The summed E-state index contributed by atoms with van der Waals surface area (Å²) in [5, 5.41) is 5.85. The summed E-state index contributed by atoms with van der Waals surface area (Å²) >= 11 is 0. The van der Waals surface area contributed by atoms with E-state index in [1.165, 1.54) is 16.4 Å². The summed E-state index contributed by atoms with van der Waals surface area (Å²) in [4.78, 5) is 12.4. The maximum Gasteiger partial charge on any atom is 0.243 e. The van der Waals surface area contributed by atoms with Gasteiger partial charge in [0.05, 0.1) is 11.4 Å². The minimum atomic E-state index is -3.56. The number of carbonyl (C=O) groups excluding carboxylic acids is 1. The molecule has 6 nitrogen and oxygen atoms in total. The Morgan fingerprint density at radius 1 is 1.04 bits per heavy atom. The second-order valence-electron chi connectivity index (χ2n) is 6.34. The van der Waals surface area contributed by atoms with Gasteiger partial charge in [-0.2, -0.15) is 4.31 Å². The van der Waals surface area contributed by atoms with Crippen molar-refractivity contribution in [3.05, 3.63) is 53.6 Å². The van der Waals surface area contributed by atoms with Gasteiger partial charge in [0.2, 0.25) is 15.9 Å². The van der Waals surface area contributed by atoms with E-state index in [1.54, 1.807) is 26.0 Å². The van der Waals surface area contributed by atoms with Crippen LogP contribution in [0.4, 0.5) is 11.4 Å². The highest BCUT2D eigenvalue weighted by Gasteiger charge is 2.21. The van der Waals surface area contributed by atoms with Crippen molar-refractivity contribution >= 4 is 27.3 Å². The number of nitrogens with zero attached hydrogens (tertiary/aromatic N) is 1. The molecule has 0 radical (unpaired) electrons. The van der Waals surface area contributed by atoms with Crippen LogP contribution in [0.3, 0.4) is 0 Å². The van der Waals surface area contributed by atoms with Crippen LogP contribution in [0.2, 0.25) is 0 Å². The number of sulfonamides is 1. The average Bonchev–Trinajstić information content (AvgIpc) is 2.62. The monoisotopic (exact) mass is 389 g/mol. The molecule has 0 heterocycles. The zero-order valence-electron chi connectivity index (χ0n) is 16.2. The van der Waals surface area contributed by atoms with E-state index in [1.807, 2.05) is 32.0 Å². The fourth-order valence-corrected chi connectivity index (χ4v) is 4.34. The van der Waals surface area contributed by atoms with Crippen LogP contribution in [0, 0.1) is 13.8 Å². The number of carbonyl (C=O) groups is 1. The molecule has 2 N–H and O–H groups in total. The molecular weight excluding hydrogens is 362 g/mol. The number of hydrogen-bond acceptors (Lipinski definition) is 4. The van der Waals surface area contributed by atoms with Crippen LogP contribution in [-0.4, -0.2) is 38.3 Å². The van der Waals surface area contributed by atoms with Gasteiger partial charge in [-0.25, -0.2) is 8.42 Å². The molecule has 0 aromatic heterocycles. The topological polar surface area (TPSA) is 78.5 Å². The Bertz CT molecular complexity index is 906. The standard InChI is InChI=1S/C20H27N3O3S/c1-5-23(6-2)27(25,26)18-9-7-8-17(13-18)22-20(24)14-21-19-11-10-15(3)12-16(19)4/h7-13,21H,5-6,14H2,1-4H3,(H,22,24). The molecule has 146 valence electrons. The molecule has 0 saturated carbocycles. The molecule has 0 aliphatic rings. The van der Waals surface area contributed by atoms with Crippen LogP contribution in [0.5, 0.6) is 0 Å². The molecule has 2 aromatic carbocycles. The summed E-state index contributed by atoms with van der Waals surface area (Å²) in [6.45, 7) is 8.48. The zero-order chi connectivity index (χ0) is 20.0. The van der Waals surface area contributed by atoms with Crippen molar-refractivity contribution in [2.24, 2.45) is 0 Å². The fraction of sp³-hybridized carbons (Fsp3) is 0.350. The molecule has 0 saturated heterocycles. The minimum Gasteiger partial charge on any atom is -0.376 e. The molecule has 0 unspecified atom stereocenters. The van der Waals surface area contributed by atoms with E-state index in [4.69, 9.17) is 0 Å². The maximum atomic E-state index is 12.6. The summed E-state index contributed by atoms with van der Waals surface area (Å²) < 4.78 is 26.6. The minimum absolute atomic E-state index is 0.0942. The van der Waals surface area contributed by atoms with Gasteiger partial charge in [-0.3, -0.25) is 4.79 Å². The molecule has 0 bridgehead atoms. The van der Waals surface area contributed by atoms with Gasteiger partial charge in [-0.05, 0) is 43.7 Å². The lowest BCUT2D eigenvalue weighted by atomic mass is 10.1. The number of nitrogens with one attached hydrogen (secondary N) is 2. The molecule has 0 aliphatic carbocycles. The summed E-state index contributed by atoms with van der Waals surface area (Å²) in [5.41, 5.74) is 3.58. The SMILES string of the molecule is CCN(CC)S(=O)(=O)c1cccc(NC(=O)CNc2ccc(C)cc2C)c1. The predicted molar refractivity (Wildman–Crippen MR) is 110 cm³/mol. The van der Waals surface area contributed by atoms with Crippen molar-refractivity contribution < 1.29 is 13.2 Å². The van der Waals surface area contributed by atoms with E-state index in [0.717, 1.165) is 16.8 Å². The van der Waals surface area contributed by atoms with Gasteiger partial charge >= 0.3 is 0 Å². The summed E-state index contributed by atoms with van der Waals surface area (Å²) in [6.07, 6.45) is 0. The largest absolute Gasteiger partial charge is 0.376 e. The van der Waals surface area contributed by atoms with Crippen LogP contribution in [0.1, 0.15) is 25.0 Å². The van der Waals surface area contributed by atoms with Gasteiger partial charge in [0.1, 0.15) is 0 Å².